The fourth-order valence-corrected chi connectivity index (χ4v) is 4.45. The molecule has 0 bridgehead atoms. The number of hydrogen-bond acceptors (Lipinski definition) is 5. The van der Waals surface area contributed by atoms with Gasteiger partial charge in [0.2, 0.25) is 5.91 Å². The number of nitrogens with zero attached hydrogens (tertiary/aromatic N) is 1. The number of benzene rings is 2. The van der Waals surface area contributed by atoms with Crippen LogP contribution in [0.5, 0.6) is 23.0 Å². The normalized spacial score (nSPS) is 15.2. The van der Waals surface area contributed by atoms with Crippen LogP contribution in [-0.4, -0.2) is 45.8 Å². The number of amides is 1. The summed E-state index contributed by atoms with van der Waals surface area (Å²) in [4.78, 5) is 15.3. The topological polar surface area (TPSA) is 57.2 Å². The molecule has 1 unspecified atom stereocenters. The van der Waals surface area contributed by atoms with Crippen molar-refractivity contribution in [3.8, 4) is 23.0 Å². The minimum Gasteiger partial charge on any atom is -0.493 e. The summed E-state index contributed by atoms with van der Waals surface area (Å²) in [5.41, 5.74) is 3.40. The average Bonchev–Trinajstić information content (AvgIpc) is 2.83. The predicted molar refractivity (Wildman–Crippen MR) is 125 cm³/mol. The number of carbonyl (C=O) groups excluding carboxylic acids is 1. The lowest BCUT2D eigenvalue weighted by Crippen LogP contribution is -2.41. The van der Waals surface area contributed by atoms with Crippen LogP contribution in [0.3, 0.4) is 0 Å². The molecule has 1 atom stereocenters. The molecular weight excluding hydrogens is 406 g/mol. The molecule has 1 aliphatic heterocycles. The van der Waals surface area contributed by atoms with Gasteiger partial charge in [-0.25, -0.2) is 0 Å². The van der Waals surface area contributed by atoms with Crippen molar-refractivity contribution in [2.75, 3.05) is 35.0 Å². The number of methoxy groups -OCH3 is 4. The van der Waals surface area contributed by atoms with Crippen molar-refractivity contribution in [2.45, 2.75) is 51.5 Å². The van der Waals surface area contributed by atoms with Crippen molar-refractivity contribution >= 4 is 5.91 Å². The number of fused-ring (bicyclic) bond motifs is 1. The quantitative estimate of drug-likeness (QED) is 0.487. The lowest BCUT2D eigenvalue weighted by molar-refractivity contribution is -0.134. The number of ether oxygens (including phenoxy) is 4. The summed E-state index contributed by atoms with van der Waals surface area (Å²) in [5, 5.41) is 0. The maximum atomic E-state index is 13.2. The fraction of sp³-hybridized carbons (Fsp3) is 0.500. The van der Waals surface area contributed by atoms with Crippen LogP contribution in [0.4, 0.5) is 0 Å². The molecule has 0 spiro atoms. The van der Waals surface area contributed by atoms with Gasteiger partial charge in [-0.15, -0.1) is 0 Å². The number of unbranched alkanes of at least 4 members (excludes halogenated alkanes) is 2. The molecular formula is C26H35NO5. The molecule has 1 aliphatic rings. The third-order valence-electron chi connectivity index (χ3n) is 6.19. The second kappa shape index (κ2) is 11.1. The van der Waals surface area contributed by atoms with Crippen LogP contribution >= 0.6 is 0 Å². The van der Waals surface area contributed by atoms with E-state index in [0.29, 0.717) is 36.6 Å². The van der Waals surface area contributed by atoms with E-state index in [-0.39, 0.29) is 11.9 Å². The summed E-state index contributed by atoms with van der Waals surface area (Å²) in [6, 6.07) is 9.95. The summed E-state index contributed by atoms with van der Waals surface area (Å²) >= 11 is 0. The van der Waals surface area contributed by atoms with E-state index in [1.54, 1.807) is 28.4 Å². The number of carbonyl (C=O) groups is 1. The molecule has 3 rings (SSSR count). The Morgan fingerprint density at radius 3 is 2.22 bits per heavy atom. The Morgan fingerprint density at radius 2 is 1.56 bits per heavy atom. The molecule has 0 radical (unpaired) electrons. The third kappa shape index (κ3) is 5.12. The van der Waals surface area contributed by atoms with E-state index >= 15 is 0 Å². The zero-order chi connectivity index (χ0) is 23.1. The first-order chi connectivity index (χ1) is 15.6. The van der Waals surface area contributed by atoms with E-state index in [2.05, 4.69) is 13.0 Å². The largest absolute Gasteiger partial charge is 0.493 e. The van der Waals surface area contributed by atoms with E-state index in [1.165, 1.54) is 5.56 Å². The smallest absolute Gasteiger partial charge is 0.223 e. The molecule has 6 nitrogen and oxygen atoms in total. The van der Waals surface area contributed by atoms with Gasteiger partial charge in [0.05, 0.1) is 34.5 Å². The molecule has 0 N–H and O–H groups in total. The van der Waals surface area contributed by atoms with Crippen molar-refractivity contribution in [1.82, 2.24) is 4.90 Å². The average molecular weight is 442 g/mol. The minimum absolute atomic E-state index is 0.0780. The highest BCUT2D eigenvalue weighted by Crippen LogP contribution is 2.40. The Hall–Kier alpha value is -2.89. The van der Waals surface area contributed by atoms with Crippen molar-refractivity contribution in [3.05, 3.63) is 47.0 Å². The molecule has 1 heterocycles. The van der Waals surface area contributed by atoms with Gasteiger partial charge in [-0.2, -0.15) is 0 Å². The van der Waals surface area contributed by atoms with Gasteiger partial charge in [0.15, 0.2) is 23.0 Å². The van der Waals surface area contributed by atoms with Crippen LogP contribution in [0.1, 0.15) is 55.3 Å². The van der Waals surface area contributed by atoms with E-state index in [9.17, 15) is 4.79 Å². The molecule has 0 saturated carbocycles. The van der Waals surface area contributed by atoms with Crippen LogP contribution < -0.4 is 18.9 Å². The zero-order valence-electron chi connectivity index (χ0n) is 19.9. The molecule has 2 aromatic rings. The molecule has 0 saturated heterocycles. The first-order valence-corrected chi connectivity index (χ1v) is 11.3. The third-order valence-corrected chi connectivity index (χ3v) is 6.19. The molecule has 0 aliphatic carbocycles. The van der Waals surface area contributed by atoms with Crippen LogP contribution in [0.15, 0.2) is 30.3 Å². The van der Waals surface area contributed by atoms with Crippen molar-refractivity contribution < 1.29 is 23.7 Å². The van der Waals surface area contributed by atoms with Gasteiger partial charge >= 0.3 is 0 Å². The van der Waals surface area contributed by atoms with Crippen LogP contribution in [0.25, 0.3) is 0 Å². The maximum absolute atomic E-state index is 13.2. The molecule has 174 valence electrons. The summed E-state index contributed by atoms with van der Waals surface area (Å²) in [6.07, 6.45) is 5.16. The van der Waals surface area contributed by atoms with Gasteiger partial charge < -0.3 is 23.8 Å². The highest BCUT2D eigenvalue weighted by Gasteiger charge is 2.32. The number of hydrogen-bond donors (Lipinski definition) is 0. The monoisotopic (exact) mass is 441 g/mol. The fourth-order valence-electron chi connectivity index (χ4n) is 4.45. The summed E-state index contributed by atoms with van der Waals surface area (Å²) in [6.45, 7) is 2.85. The number of rotatable bonds is 10. The molecule has 1 amide bonds. The minimum atomic E-state index is -0.0780. The summed E-state index contributed by atoms with van der Waals surface area (Å²) in [5.74, 6) is 3.00. The second-order valence-corrected chi connectivity index (χ2v) is 8.11. The zero-order valence-corrected chi connectivity index (χ0v) is 19.9. The van der Waals surface area contributed by atoms with Gasteiger partial charge in [-0.1, -0.05) is 25.8 Å². The molecule has 0 fully saturated rings. The Morgan fingerprint density at radius 1 is 0.906 bits per heavy atom. The highest BCUT2D eigenvalue weighted by molar-refractivity contribution is 5.77. The van der Waals surface area contributed by atoms with E-state index in [4.69, 9.17) is 18.9 Å². The van der Waals surface area contributed by atoms with Crippen LogP contribution in [0.2, 0.25) is 0 Å². The van der Waals surface area contributed by atoms with E-state index in [0.717, 1.165) is 42.6 Å². The first-order valence-electron chi connectivity index (χ1n) is 11.3. The molecule has 6 heteroatoms. The van der Waals surface area contributed by atoms with E-state index < -0.39 is 0 Å². The predicted octanol–water partition coefficient (Wildman–Crippen LogP) is 4.97. The molecule has 0 aromatic heterocycles. The van der Waals surface area contributed by atoms with Crippen molar-refractivity contribution in [2.24, 2.45) is 0 Å². The van der Waals surface area contributed by atoms with Gasteiger partial charge in [-0.3, -0.25) is 4.79 Å². The molecule has 2 aromatic carbocycles. The molecule has 32 heavy (non-hydrogen) atoms. The van der Waals surface area contributed by atoms with Gasteiger partial charge in [-0.05, 0) is 60.2 Å². The Kier molecular flexibility index (Phi) is 8.26. The Labute approximate surface area is 191 Å². The maximum Gasteiger partial charge on any atom is 0.223 e. The highest BCUT2D eigenvalue weighted by atomic mass is 16.5. The van der Waals surface area contributed by atoms with Gasteiger partial charge in [0.1, 0.15) is 0 Å². The standard InChI is InChI=1S/C26H35NO5/c1-6-7-8-9-26(28)27-13-12-19-16-24(31-4)25(32-5)17-20(19)21(27)14-18-10-11-22(29-2)23(15-18)30-3/h10-11,15-17,21H,6-9,12-14H2,1-5H3. The van der Waals surface area contributed by atoms with Crippen molar-refractivity contribution in [3.63, 3.8) is 0 Å². The SMILES string of the molecule is CCCCCC(=O)N1CCc2cc(OC)c(OC)cc2C1Cc1ccc(OC)c(OC)c1. The summed E-state index contributed by atoms with van der Waals surface area (Å²) < 4.78 is 22.0. The first kappa shape index (κ1) is 23.8. The van der Waals surface area contributed by atoms with Gasteiger partial charge in [0, 0.05) is 13.0 Å². The second-order valence-electron chi connectivity index (χ2n) is 8.11. The lowest BCUT2D eigenvalue weighted by atomic mass is 9.87. The summed E-state index contributed by atoms with van der Waals surface area (Å²) in [7, 11) is 6.56. The van der Waals surface area contributed by atoms with Crippen molar-refractivity contribution in [1.29, 1.82) is 0 Å². The van der Waals surface area contributed by atoms with Crippen LogP contribution in [0, 0.1) is 0 Å². The van der Waals surface area contributed by atoms with E-state index in [1.807, 2.05) is 29.2 Å². The van der Waals surface area contributed by atoms with Gasteiger partial charge in [0.25, 0.3) is 0 Å². The Balaban J connectivity index is 1.99. The lowest BCUT2D eigenvalue weighted by Gasteiger charge is -2.38. The Bertz CT molecular complexity index is 927. The van der Waals surface area contributed by atoms with Crippen LogP contribution in [-0.2, 0) is 17.6 Å².